The standard InChI is InChI=1S/C20H22N2O3/c1-13-4-3-5-15(10-13)22-20(24)18-11-17(18)19(23)21-12-14-6-8-16(25-2)9-7-14/h3-10,17-18H,11-12H2,1-2H3,(H,21,23)(H,22,24). The Labute approximate surface area is 147 Å². The maximum atomic E-state index is 12.2. The van der Waals surface area contributed by atoms with E-state index in [1.54, 1.807) is 7.11 Å². The predicted molar refractivity (Wildman–Crippen MR) is 96.2 cm³/mol. The number of amides is 2. The van der Waals surface area contributed by atoms with Crippen molar-refractivity contribution in [3.8, 4) is 5.75 Å². The van der Waals surface area contributed by atoms with Crippen molar-refractivity contribution in [2.75, 3.05) is 12.4 Å². The van der Waals surface area contributed by atoms with E-state index in [4.69, 9.17) is 4.74 Å². The minimum Gasteiger partial charge on any atom is -0.497 e. The first-order valence-electron chi connectivity index (χ1n) is 8.35. The van der Waals surface area contributed by atoms with Gasteiger partial charge in [0.15, 0.2) is 0 Å². The molecule has 0 saturated heterocycles. The summed E-state index contributed by atoms with van der Waals surface area (Å²) < 4.78 is 5.11. The zero-order chi connectivity index (χ0) is 17.8. The molecular formula is C20H22N2O3. The molecule has 0 aliphatic heterocycles. The molecule has 1 aliphatic carbocycles. The molecule has 2 unspecified atom stereocenters. The van der Waals surface area contributed by atoms with Crippen molar-refractivity contribution in [3.05, 3.63) is 59.7 Å². The highest BCUT2D eigenvalue weighted by atomic mass is 16.5. The largest absolute Gasteiger partial charge is 0.497 e. The fourth-order valence-corrected chi connectivity index (χ4v) is 2.80. The minimum absolute atomic E-state index is 0.0692. The van der Waals surface area contributed by atoms with Crippen molar-refractivity contribution < 1.29 is 14.3 Å². The van der Waals surface area contributed by atoms with E-state index >= 15 is 0 Å². The number of methoxy groups -OCH3 is 1. The molecule has 2 N–H and O–H groups in total. The Balaban J connectivity index is 1.47. The van der Waals surface area contributed by atoms with Crippen LogP contribution < -0.4 is 15.4 Å². The molecule has 1 aliphatic rings. The van der Waals surface area contributed by atoms with Crippen LogP contribution in [0.15, 0.2) is 48.5 Å². The first kappa shape index (κ1) is 17.0. The molecule has 2 aromatic carbocycles. The maximum Gasteiger partial charge on any atom is 0.228 e. The van der Waals surface area contributed by atoms with Gasteiger partial charge in [-0.15, -0.1) is 0 Å². The van der Waals surface area contributed by atoms with E-state index in [2.05, 4.69) is 10.6 Å². The second kappa shape index (κ2) is 7.38. The van der Waals surface area contributed by atoms with Gasteiger partial charge in [-0.25, -0.2) is 0 Å². The number of carbonyl (C=O) groups excluding carboxylic acids is 2. The molecule has 0 spiro atoms. The Morgan fingerprint density at radius 3 is 2.48 bits per heavy atom. The molecule has 1 fully saturated rings. The van der Waals surface area contributed by atoms with E-state index < -0.39 is 0 Å². The summed E-state index contributed by atoms with van der Waals surface area (Å²) in [6.07, 6.45) is 0.603. The third-order valence-electron chi connectivity index (χ3n) is 4.38. The van der Waals surface area contributed by atoms with Crippen molar-refractivity contribution in [2.24, 2.45) is 11.8 Å². The quantitative estimate of drug-likeness (QED) is 0.851. The van der Waals surface area contributed by atoms with Gasteiger partial charge in [-0.3, -0.25) is 9.59 Å². The number of ether oxygens (including phenoxy) is 1. The van der Waals surface area contributed by atoms with Crippen molar-refractivity contribution in [1.82, 2.24) is 5.32 Å². The number of benzene rings is 2. The van der Waals surface area contributed by atoms with Gasteiger partial charge in [0.1, 0.15) is 5.75 Å². The van der Waals surface area contributed by atoms with Crippen molar-refractivity contribution in [2.45, 2.75) is 19.9 Å². The molecule has 0 aromatic heterocycles. The number of hydrogen-bond acceptors (Lipinski definition) is 3. The summed E-state index contributed by atoms with van der Waals surface area (Å²) in [6.45, 7) is 2.42. The number of aryl methyl sites for hydroxylation is 1. The lowest BCUT2D eigenvalue weighted by atomic mass is 10.2. The van der Waals surface area contributed by atoms with Gasteiger partial charge < -0.3 is 15.4 Å². The van der Waals surface area contributed by atoms with Crippen LogP contribution in [0.25, 0.3) is 0 Å². The molecule has 3 rings (SSSR count). The van der Waals surface area contributed by atoms with Crippen LogP contribution in [-0.4, -0.2) is 18.9 Å². The molecule has 5 heteroatoms. The van der Waals surface area contributed by atoms with Crippen LogP contribution in [0, 0.1) is 18.8 Å². The first-order chi connectivity index (χ1) is 12.1. The van der Waals surface area contributed by atoms with Gasteiger partial charge in [0.2, 0.25) is 11.8 Å². The molecule has 0 bridgehead atoms. The second-order valence-electron chi connectivity index (χ2n) is 6.37. The third kappa shape index (κ3) is 4.38. The summed E-state index contributed by atoms with van der Waals surface area (Å²) in [5, 5.41) is 5.78. The molecule has 25 heavy (non-hydrogen) atoms. The number of rotatable bonds is 6. The fourth-order valence-electron chi connectivity index (χ4n) is 2.80. The number of nitrogens with one attached hydrogen (secondary N) is 2. The highest BCUT2D eigenvalue weighted by molar-refractivity contribution is 5.99. The number of anilines is 1. The van der Waals surface area contributed by atoms with Crippen LogP contribution in [0.1, 0.15) is 17.5 Å². The molecule has 2 amide bonds. The molecule has 0 radical (unpaired) electrons. The molecule has 0 heterocycles. The predicted octanol–water partition coefficient (Wildman–Crippen LogP) is 2.89. The van der Waals surface area contributed by atoms with Gasteiger partial charge in [0, 0.05) is 12.2 Å². The van der Waals surface area contributed by atoms with Gasteiger partial charge in [0.25, 0.3) is 0 Å². The van der Waals surface area contributed by atoms with Crippen LogP contribution in [0.2, 0.25) is 0 Å². The monoisotopic (exact) mass is 338 g/mol. The molecule has 130 valence electrons. The highest BCUT2D eigenvalue weighted by Crippen LogP contribution is 2.39. The average molecular weight is 338 g/mol. The van der Waals surface area contributed by atoms with Gasteiger partial charge in [-0.05, 0) is 48.7 Å². The maximum absolute atomic E-state index is 12.2. The van der Waals surface area contributed by atoms with E-state index in [0.29, 0.717) is 13.0 Å². The Kier molecular flexibility index (Phi) is 5.03. The van der Waals surface area contributed by atoms with Crippen molar-refractivity contribution in [3.63, 3.8) is 0 Å². The lowest BCUT2D eigenvalue weighted by Crippen LogP contribution is -2.27. The summed E-state index contributed by atoms with van der Waals surface area (Å²) in [7, 11) is 1.62. The zero-order valence-electron chi connectivity index (χ0n) is 14.4. The van der Waals surface area contributed by atoms with Gasteiger partial charge in [-0.2, -0.15) is 0 Å². The summed E-state index contributed by atoms with van der Waals surface area (Å²) in [4.78, 5) is 24.4. The topological polar surface area (TPSA) is 67.4 Å². The molecule has 5 nitrogen and oxygen atoms in total. The minimum atomic E-state index is -0.239. The van der Waals surface area contributed by atoms with Gasteiger partial charge in [-0.1, -0.05) is 24.3 Å². The van der Waals surface area contributed by atoms with Gasteiger partial charge >= 0.3 is 0 Å². The Hall–Kier alpha value is -2.82. The molecule has 2 aromatic rings. The van der Waals surface area contributed by atoms with Crippen LogP contribution in [0.5, 0.6) is 5.75 Å². The van der Waals surface area contributed by atoms with Crippen LogP contribution in [-0.2, 0) is 16.1 Å². The number of carbonyl (C=O) groups is 2. The summed E-state index contributed by atoms with van der Waals surface area (Å²) in [5.74, 6) is 0.153. The highest BCUT2D eigenvalue weighted by Gasteiger charge is 2.47. The van der Waals surface area contributed by atoms with Gasteiger partial charge in [0.05, 0.1) is 18.9 Å². The van der Waals surface area contributed by atoms with Crippen LogP contribution in [0.3, 0.4) is 0 Å². The second-order valence-corrected chi connectivity index (χ2v) is 6.37. The van der Waals surface area contributed by atoms with E-state index in [-0.39, 0.29) is 23.7 Å². The SMILES string of the molecule is COc1ccc(CNC(=O)C2CC2C(=O)Nc2cccc(C)c2)cc1. The lowest BCUT2D eigenvalue weighted by molar-refractivity contribution is -0.125. The normalized spacial score (nSPS) is 18.3. The smallest absolute Gasteiger partial charge is 0.228 e. The number of hydrogen-bond donors (Lipinski definition) is 2. The van der Waals surface area contributed by atoms with E-state index in [1.807, 2.05) is 55.5 Å². The average Bonchev–Trinajstić information content (AvgIpc) is 3.41. The third-order valence-corrected chi connectivity index (χ3v) is 4.38. The first-order valence-corrected chi connectivity index (χ1v) is 8.35. The molecule has 2 atom stereocenters. The summed E-state index contributed by atoms with van der Waals surface area (Å²) in [5.41, 5.74) is 2.85. The lowest BCUT2D eigenvalue weighted by Gasteiger charge is -2.07. The molecular weight excluding hydrogens is 316 g/mol. The Morgan fingerprint density at radius 2 is 1.80 bits per heavy atom. The Bertz CT molecular complexity index is 771. The van der Waals surface area contributed by atoms with Crippen molar-refractivity contribution in [1.29, 1.82) is 0 Å². The van der Waals surface area contributed by atoms with Crippen molar-refractivity contribution >= 4 is 17.5 Å². The summed E-state index contributed by atoms with van der Waals surface area (Å²) >= 11 is 0. The summed E-state index contributed by atoms with van der Waals surface area (Å²) in [6, 6.07) is 15.2. The fraction of sp³-hybridized carbons (Fsp3) is 0.300. The van der Waals surface area contributed by atoms with E-state index in [0.717, 1.165) is 22.6 Å². The Morgan fingerprint density at radius 1 is 1.08 bits per heavy atom. The molecule has 1 saturated carbocycles. The van der Waals surface area contributed by atoms with Crippen LogP contribution >= 0.6 is 0 Å². The zero-order valence-corrected chi connectivity index (χ0v) is 14.4. The van der Waals surface area contributed by atoms with E-state index in [9.17, 15) is 9.59 Å². The van der Waals surface area contributed by atoms with Crippen LogP contribution in [0.4, 0.5) is 5.69 Å². The van der Waals surface area contributed by atoms with E-state index in [1.165, 1.54) is 0 Å².